The highest BCUT2D eigenvalue weighted by Gasteiger charge is 2.25. The highest BCUT2D eigenvalue weighted by Crippen LogP contribution is 2.36. The van der Waals surface area contributed by atoms with E-state index in [1.165, 1.54) is 36.1 Å². The van der Waals surface area contributed by atoms with Crippen molar-refractivity contribution in [2.45, 2.75) is 29.4 Å². The van der Waals surface area contributed by atoms with Gasteiger partial charge in [0.05, 0.1) is 22.6 Å². The lowest BCUT2D eigenvalue weighted by Crippen LogP contribution is -2.50. The molecule has 0 atom stereocenters. The van der Waals surface area contributed by atoms with Gasteiger partial charge in [-0.05, 0) is 30.7 Å². The molecular weight excluding hydrogens is 486 g/mol. The number of thiazole rings is 1. The van der Waals surface area contributed by atoms with Crippen molar-refractivity contribution >= 4 is 45.9 Å². The molecule has 1 fully saturated rings. The third kappa shape index (κ3) is 6.43. The Hall–Kier alpha value is -3.31. The molecule has 4 rings (SSSR count). The lowest BCUT2D eigenvalue weighted by atomic mass is 10.1. The van der Waals surface area contributed by atoms with Crippen molar-refractivity contribution in [3.05, 3.63) is 48.2 Å². The van der Waals surface area contributed by atoms with Crippen LogP contribution >= 0.6 is 23.1 Å². The third-order valence-electron chi connectivity index (χ3n) is 5.33. The second-order valence-corrected chi connectivity index (χ2v) is 10.3. The van der Waals surface area contributed by atoms with Gasteiger partial charge in [-0.15, -0.1) is 0 Å². The van der Waals surface area contributed by atoms with Gasteiger partial charge >= 0.3 is 0 Å². The zero-order valence-corrected chi connectivity index (χ0v) is 21.2. The van der Waals surface area contributed by atoms with Crippen LogP contribution in [-0.4, -0.2) is 69.5 Å². The molecule has 35 heavy (non-hydrogen) atoms. The van der Waals surface area contributed by atoms with Crippen LogP contribution in [0.2, 0.25) is 0 Å². The Balaban J connectivity index is 1.40. The van der Waals surface area contributed by atoms with Crippen LogP contribution in [0.15, 0.2) is 51.7 Å². The second-order valence-electron chi connectivity index (χ2n) is 7.90. The van der Waals surface area contributed by atoms with Gasteiger partial charge < -0.3 is 25.0 Å². The number of piperazine rings is 1. The first kappa shape index (κ1) is 24.8. The second kappa shape index (κ2) is 11.4. The zero-order chi connectivity index (χ0) is 24.8. The van der Waals surface area contributed by atoms with Gasteiger partial charge in [-0.3, -0.25) is 9.59 Å². The summed E-state index contributed by atoms with van der Waals surface area (Å²) < 4.78 is 6.50. The normalized spacial score (nSPS) is 13.5. The number of benzene rings is 1. The fourth-order valence-electron chi connectivity index (χ4n) is 3.51. The summed E-state index contributed by atoms with van der Waals surface area (Å²) in [5.74, 6) is 0.913. The fourth-order valence-corrected chi connectivity index (χ4v) is 5.41. The summed E-state index contributed by atoms with van der Waals surface area (Å²) in [4.78, 5) is 37.6. The van der Waals surface area contributed by atoms with Gasteiger partial charge in [-0.1, -0.05) is 36.1 Å². The standard InChI is InChI=1S/C24H27N5O4S2/c1-3-13-33-21-6-4-5-20(26-21)27-24-25-15-22(35-24)34-17-7-8-19(31)18(14-17)23(32)29-11-9-28(10-12-29)16(2)30/h4-8,14-15,31H,3,9-13H2,1-2H3,(H,25,26,27). The molecule has 0 aliphatic carbocycles. The molecule has 1 aromatic carbocycles. The van der Waals surface area contributed by atoms with Gasteiger partial charge in [0, 0.05) is 44.1 Å². The molecule has 184 valence electrons. The number of aromatic hydroxyl groups is 1. The van der Waals surface area contributed by atoms with Crippen LogP contribution < -0.4 is 10.1 Å². The van der Waals surface area contributed by atoms with Crippen LogP contribution in [0.1, 0.15) is 30.6 Å². The first-order chi connectivity index (χ1) is 16.9. The number of phenols is 1. The number of rotatable bonds is 8. The van der Waals surface area contributed by atoms with Gasteiger partial charge in [0.1, 0.15) is 11.6 Å². The number of phenolic OH excluding ortho intramolecular Hbond substituents is 1. The zero-order valence-electron chi connectivity index (χ0n) is 19.6. The molecule has 2 amide bonds. The Morgan fingerprint density at radius 2 is 1.94 bits per heavy atom. The van der Waals surface area contributed by atoms with Crippen molar-refractivity contribution in [3.63, 3.8) is 0 Å². The molecule has 3 aromatic rings. The van der Waals surface area contributed by atoms with Crippen LogP contribution in [0, 0.1) is 0 Å². The van der Waals surface area contributed by atoms with E-state index in [0.29, 0.717) is 49.6 Å². The van der Waals surface area contributed by atoms with Gasteiger partial charge in [-0.2, -0.15) is 4.98 Å². The molecule has 9 nitrogen and oxygen atoms in total. The lowest BCUT2D eigenvalue weighted by molar-refractivity contribution is -0.130. The maximum absolute atomic E-state index is 13.0. The van der Waals surface area contributed by atoms with Crippen molar-refractivity contribution < 1.29 is 19.4 Å². The summed E-state index contributed by atoms with van der Waals surface area (Å²) in [5.41, 5.74) is 0.252. The van der Waals surface area contributed by atoms with Crippen molar-refractivity contribution in [1.82, 2.24) is 19.8 Å². The molecule has 0 spiro atoms. The first-order valence-electron chi connectivity index (χ1n) is 11.3. The van der Waals surface area contributed by atoms with Crippen LogP contribution in [0.5, 0.6) is 11.6 Å². The average molecular weight is 514 g/mol. The van der Waals surface area contributed by atoms with E-state index in [0.717, 1.165) is 15.5 Å². The highest BCUT2D eigenvalue weighted by atomic mass is 32.2. The number of pyridine rings is 1. The molecule has 0 radical (unpaired) electrons. The predicted octanol–water partition coefficient (Wildman–Crippen LogP) is 4.23. The van der Waals surface area contributed by atoms with E-state index in [1.54, 1.807) is 28.1 Å². The van der Waals surface area contributed by atoms with E-state index in [2.05, 4.69) is 15.3 Å². The Morgan fingerprint density at radius 3 is 2.69 bits per heavy atom. The molecule has 2 N–H and O–H groups in total. The molecule has 1 saturated heterocycles. The summed E-state index contributed by atoms with van der Waals surface area (Å²) in [7, 11) is 0. The molecule has 0 unspecified atom stereocenters. The number of ether oxygens (including phenoxy) is 1. The fraction of sp³-hybridized carbons (Fsp3) is 0.333. The number of amides is 2. The van der Waals surface area contributed by atoms with Crippen LogP contribution in [0.3, 0.4) is 0 Å². The van der Waals surface area contributed by atoms with E-state index in [-0.39, 0.29) is 23.1 Å². The van der Waals surface area contributed by atoms with Crippen molar-refractivity contribution in [1.29, 1.82) is 0 Å². The number of aromatic nitrogens is 2. The topological polar surface area (TPSA) is 108 Å². The Labute approximate surface area is 212 Å². The Bertz CT molecular complexity index is 1190. The van der Waals surface area contributed by atoms with Crippen molar-refractivity contribution in [2.24, 2.45) is 0 Å². The number of hydrogen-bond acceptors (Lipinski definition) is 9. The van der Waals surface area contributed by atoms with Gasteiger partial charge in [0.2, 0.25) is 11.8 Å². The Morgan fingerprint density at radius 1 is 1.17 bits per heavy atom. The molecule has 2 aromatic heterocycles. The number of carbonyl (C=O) groups excluding carboxylic acids is 2. The van der Waals surface area contributed by atoms with E-state index >= 15 is 0 Å². The number of nitrogens with one attached hydrogen (secondary N) is 1. The quantitative estimate of drug-likeness (QED) is 0.461. The monoisotopic (exact) mass is 513 g/mol. The average Bonchev–Trinajstić information content (AvgIpc) is 3.30. The largest absolute Gasteiger partial charge is 0.507 e. The minimum Gasteiger partial charge on any atom is -0.507 e. The van der Waals surface area contributed by atoms with Gasteiger partial charge in [0.15, 0.2) is 5.13 Å². The minimum atomic E-state index is -0.240. The third-order valence-corrected chi connectivity index (χ3v) is 7.33. The molecule has 0 saturated carbocycles. The molecule has 11 heteroatoms. The molecular formula is C24H27N5O4S2. The van der Waals surface area contributed by atoms with E-state index < -0.39 is 0 Å². The summed E-state index contributed by atoms with van der Waals surface area (Å²) in [6.07, 6.45) is 2.66. The number of nitrogens with zero attached hydrogens (tertiary/aromatic N) is 4. The molecule has 0 bridgehead atoms. The SMILES string of the molecule is CCCOc1cccc(Nc2ncc(Sc3ccc(O)c(C(=O)N4CCN(C(C)=O)CC4)c3)s2)n1. The summed E-state index contributed by atoms with van der Waals surface area (Å²) in [6, 6.07) is 10.5. The predicted molar refractivity (Wildman–Crippen MR) is 136 cm³/mol. The molecule has 1 aliphatic heterocycles. The van der Waals surface area contributed by atoms with Crippen LogP contribution in [0.25, 0.3) is 0 Å². The van der Waals surface area contributed by atoms with E-state index in [1.807, 2.05) is 25.1 Å². The molecule has 3 heterocycles. The van der Waals surface area contributed by atoms with Crippen molar-refractivity contribution in [3.8, 4) is 11.6 Å². The van der Waals surface area contributed by atoms with Crippen LogP contribution in [0.4, 0.5) is 10.9 Å². The summed E-state index contributed by atoms with van der Waals surface area (Å²) in [5, 5.41) is 14.2. The molecule has 1 aliphatic rings. The number of hydrogen-bond donors (Lipinski definition) is 2. The van der Waals surface area contributed by atoms with E-state index in [9.17, 15) is 14.7 Å². The highest BCUT2D eigenvalue weighted by molar-refractivity contribution is 8.01. The van der Waals surface area contributed by atoms with Gasteiger partial charge in [0.25, 0.3) is 5.91 Å². The van der Waals surface area contributed by atoms with Crippen LogP contribution in [-0.2, 0) is 4.79 Å². The van der Waals surface area contributed by atoms with Gasteiger partial charge in [-0.25, -0.2) is 4.98 Å². The number of carbonyl (C=O) groups is 2. The summed E-state index contributed by atoms with van der Waals surface area (Å²) >= 11 is 2.92. The number of anilines is 2. The Kier molecular flexibility index (Phi) is 8.09. The smallest absolute Gasteiger partial charge is 0.257 e. The lowest BCUT2D eigenvalue weighted by Gasteiger charge is -2.34. The summed E-state index contributed by atoms with van der Waals surface area (Å²) in [6.45, 7) is 6.06. The minimum absolute atomic E-state index is 0.00470. The first-order valence-corrected chi connectivity index (χ1v) is 12.9. The maximum atomic E-state index is 13.0. The van der Waals surface area contributed by atoms with E-state index in [4.69, 9.17) is 4.74 Å². The maximum Gasteiger partial charge on any atom is 0.257 e. The van der Waals surface area contributed by atoms with Crippen molar-refractivity contribution in [2.75, 3.05) is 38.1 Å².